The molecule has 0 saturated carbocycles. The van der Waals surface area contributed by atoms with Gasteiger partial charge in [0.15, 0.2) is 0 Å². The lowest BCUT2D eigenvalue weighted by Gasteiger charge is -2.10. The van der Waals surface area contributed by atoms with Gasteiger partial charge in [-0.05, 0) is 0 Å². The number of hydrogen-bond donors (Lipinski definition) is 5. The number of hydrogen-bond acceptors (Lipinski definition) is 7. The smallest absolute Gasteiger partial charge is 0.139 e. The van der Waals surface area contributed by atoms with Crippen molar-refractivity contribution in [2.75, 3.05) is 0 Å². The number of aromatic nitrogens is 2. The topological polar surface area (TPSA) is 85.9 Å². The van der Waals surface area contributed by atoms with Gasteiger partial charge < -0.3 is 0 Å². The van der Waals surface area contributed by atoms with E-state index in [0.29, 0.717) is 6.54 Å². The van der Waals surface area contributed by atoms with Crippen LogP contribution in [-0.4, -0.2) is 16.3 Å². The third-order valence-electron chi connectivity index (χ3n) is 1.62. The Morgan fingerprint density at radius 3 is 2.62 bits per heavy atom. The van der Waals surface area contributed by atoms with E-state index in [0.717, 1.165) is 5.56 Å². The molecule has 2 heterocycles. The second kappa shape index (κ2) is 4.21. The van der Waals surface area contributed by atoms with Gasteiger partial charge in [-0.3, -0.25) is 5.32 Å². The first-order valence-corrected chi connectivity index (χ1v) is 3.93. The van der Waals surface area contributed by atoms with Crippen LogP contribution >= 0.6 is 0 Å². The van der Waals surface area contributed by atoms with Crippen molar-refractivity contribution in [3.63, 3.8) is 0 Å². The van der Waals surface area contributed by atoms with Crippen molar-refractivity contribution in [3.05, 3.63) is 24.3 Å². The van der Waals surface area contributed by atoms with E-state index >= 15 is 0 Å². The van der Waals surface area contributed by atoms with Crippen LogP contribution in [0.2, 0.25) is 0 Å². The van der Waals surface area contributed by atoms with Crippen molar-refractivity contribution in [1.82, 2.24) is 37.2 Å². The maximum Gasteiger partial charge on any atom is 0.139 e. The highest BCUT2D eigenvalue weighted by Gasteiger charge is 2.10. The first-order valence-electron chi connectivity index (χ1n) is 3.93. The molecule has 0 atom stereocenters. The minimum absolute atomic E-state index is 0.000191. The lowest BCUT2D eigenvalue weighted by molar-refractivity contribution is 0.423. The third-order valence-corrected chi connectivity index (χ3v) is 1.62. The normalized spacial score (nSPS) is 17.8. The van der Waals surface area contributed by atoms with Gasteiger partial charge in [0.05, 0.1) is 0 Å². The first-order chi connectivity index (χ1) is 6.45. The lowest BCUT2D eigenvalue weighted by atomic mass is 10.3. The summed E-state index contributed by atoms with van der Waals surface area (Å²) in [5.41, 5.74) is 12.3. The van der Waals surface area contributed by atoms with E-state index in [2.05, 4.69) is 37.2 Å². The largest absolute Gasteiger partial charge is 0.283 e. The van der Waals surface area contributed by atoms with E-state index in [1.54, 1.807) is 12.4 Å². The highest BCUT2D eigenvalue weighted by Crippen LogP contribution is 1.91. The van der Waals surface area contributed by atoms with Crippen LogP contribution in [0.1, 0.15) is 5.56 Å². The number of hydrazine groups is 3. The van der Waals surface area contributed by atoms with Crippen LogP contribution in [0.4, 0.5) is 0 Å². The summed E-state index contributed by atoms with van der Waals surface area (Å²) in [4.78, 5) is 7.81. The molecule has 1 aromatic heterocycles. The van der Waals surface area contributed by atoms with Crippen LogP contribution in [0.3, 0.4) is 0 Å². The zero-order valence-corrected chi connectivity index (χ0v) is 6.91. The van der Waals surface area contributed by atoms with E-state index in [-0.39, 0.29) is 6.29 Å². The molecule has 5 N–H and O–H groups in total. The van der Waals surface area contributed by atoms with Crippen LogP contribution in [0.15, 0.2) is 18.7 Å². The molecule has 1 saturated heterocycles. The summed E-state index contributed by atoms with van der Waals surface area (Å²) in [5.74, 6) is 0. The summed E-state index contributed by atoms with van der Waals surface area (Å²) in [5, 5.41) is 3.17. The fourth-order valence-corrected chi connectivity index (χ4v) is 0.996. The van der Waals surface area contributed by atoms with Crippen molar-refractivity contribution in [1.29, 1.82) is 0 Å². The van der Waals surface area contributed by atoms with Crippen molar-refractivity contribution in [3.8, 4) is 0 Å². The Morgan fingerprint density at radius 2 is 1.92 bits per heavy atom. The Balaban J connectivity index is 1.79. The van der Waals surface area contributed by atoms with Gasteiger partial charge in [-0.25, -0.2) is 20.8 Å². The molecule has 0 aromatic carbocycles. The zero-order valence-electron chi connectivity index (χ0n) is 6.91. The molecule has 2 rings (SSSR count). The van der Waals surface area contributed by atoms with Gasteiger partial charge in [0.25, 0.3) is 0 Å². The molecule has 1 aliphatic rings. The molecule has 7 nitrogen and oxygen atoms in total. The van der Waals surface area contributed by atoms with Gasteiger partial charge in [-0.1, -0.05) is 0 Å². The Hall–Kier alpha value is -1.12. The highest BCUT2D eigenvalue weighted by molar-refractivity contribution is 5.01. The molecule has 0 amide bonds. The van der Waals surface area contributed by atoms with Gasteiger partial charge in [0.1, 0.15) is 12.6 Å². The SMILES string of the molecule is c1ncc(CNC2NNNN2)cn1. The second-order valence-corrected chi connectivity index (χ2v) is 2.60. The molecule has 13 heavy (non-hydrogen) atoms. The molecule has 7 heteroatoms. The molecular weight excluding hydrogens is 170 g/mol. The molecule has 0 spiro atoms. The van der Waals surface area contributed by atoms with Gasteiger partial charge in [0, 0.05) is 24.5 Å². The van der Waals surface area contributed by atoms with E-state index in [1.807, 2.05) is 0 Å². The monoisotopic (exact) mass is 181 g/mol. The molecule has 1 aromatic rings. The molecule has 0 radical (unpaired) electrons. The predicted molar refractivity (Wildman–Crippen MR) is 45.2 cm³/mol. The van der Waals surface area contributed by atoms with Crippen molar-refractivity contribution < 1.29 is 0 Å². The van der Waals surface area contributed by atoms with Crippen LogP contribution in [-0.2, 0) is 6.54 Å². The molecule has 0 bridgehead atoms. The molecule has 0 aliphatic carbocycles. The first kappa shape index (κ1) is 8.48. The summed E-state index contributed by atoms with van der Waals surface area (Å²) in [6.07, 6.45) is 5.06. The minimum Gasteiger partial charge on any atom is -0.283 e. The lowest BCUT2D eigenvalue weighted by Crippen LogP contribution is -2.46. The molecular formula is C6H11N7. The summed E-state index contributed by atoms with van der Waals surface area (Å²) in [6.45, 7) is 0.703. The molecule has 1 fully saturated rings. The van der Waals surface area contributed by atoms with Gasteiger partial charge >= 0.3 is 0 Å². The molecule has 1 aliphatic heterocycles. The Bertz CT molecular complexity index is 244. The average molecular weight is 181 g/mol. The van der Waals surface area contributed by atoms with Crippen molar-refractivity contribution in [2.45, 2.75) is 12.8 Å². The van der Waals surface area contributed by atoms with Crippen LogP contribution < -0.4 is 27.2 Å². The summed E-state index contributed by atoms with van der Waals surface area (Å²) in [6, 6.07) is 0. The summed E-state index contributed by atoms with van der Waals surface area (Å²) >= 11 is 0. The second-order valence-electron chi connectivity index (χ2n) is 2.60. The average Bonchev–Trinajstić information content (AvgIpc) is 2.69. The van der Waals surface area contributed by atoms with E-state index in [4.69, 9.17) is 0 Å². The van der Waals surface area contributed by atoms with Gasteiger partial charge in [-0.2, -0.15) is 11.1 Å². The standard InChI is InChI=1S/C6H11N7/c1-5(2-8-4-7-1)3-9-6-10-12-13-11-6/h1-2,4,6,9-13H,3H2. The van der Waals surface area contributed by atoms with E-state index < -0.39 is 0 Å². The molecule has 0 unspecified atom stereocenters. The zero-order chi connectivity index (χ0) is 8.93. The number of nitrogens with one attached hydrogen (secondary N) is 5. The van der Waals surface area contributed by atoms with Gasteiger partial charge in [-0.15, -0.1) is 0 Å². The Labute approximate surface area is 75.3 Å². The number of rotatable bonds is 3. The Morgan fingerprint density at radius 1 is 1.23 bits per heavy atom. The Kier molecular flexibility index (Phi) is 2.75. The fourth-order valence-electron chi connectivity index (χ4n) is 0.996. The van der Waals surface area contributed by atoms with Crippen LogP contribution in [0, 0.1) is 0 Å². The minimum atomic E-state index is 0.000191. The maximum atomic E-state index is 3.91. The van der Waals surface area contributed by atoms with E-state index in [1.165, 1.54) is 6.33 Å². The van der Waals surface area contributed by atoms with E-state index in [9.17, 15) is 0 Å². The summed E-state index contributed by atoms with van der Waals surface area (Å²) < 4.78 is 0. The fraction of sp³-hybridized carbons (Fsp3) is 0.333. The van der Waals surface area contributed by atoms with Crippen LogP contribution in [0.5, 0.6) is 0 Å². The van der Waals surface area contributed by atoms with Gasteiger partial charge in [0.2, 0.25) is 0 Å². The molecule has 70 valence electrons. The third kappa shape index (κ3) is 2.41. The quantitative estimate of drug-likeness (QED) is 0.367. The maximum absolute atomic E-state index is 3.91. The highest BCUT2D eigenvalue weighted by atomic mass is 15.8. The predicted octanol–water partition coefficient (Wildman–Crippen LogP) is -2.03. The summed E-state index contributed by atoms with van der Waals surface area (Å²) in [7, 11) is 0. The van der Waals surface area contributed by atoms with Crippen molar-refractivity contribution in [2.24, 2.45) is 0 Å². The van der Waals surface area contributed by atoms with Crippen LogP contribution in [0.25, 0.3) is 0 Å². The number of nitrogens with zero attached hydrogens (tertiary/aromatic N) is 2. The van der Waals surface area contributed by atoms with Crippen molar-refractivity contribution >= 4 is 0 Å².